The molecule has 0 saturated carbocycles. The quantitative estimate of drug-likeness (QED) is 0.396. The van der Waals surface area contributed by atoms with Crippen molar-refractivity contribution < 1.29 is 13.5 Å². The molecule has 2 N–H and O–H groups in total. The molecule has 3 aliphatic heterocycles. The lowest BCUT2D eigenvalue weighted by molar-refractivity contribution is 0.135. The monoisotopic (exact) mass is 562 g/mol. The third kappa shape index (κ3) is 3.83. The summed E-state index contributed by atoms with van der Waals surface area (Å²) in [4.78, 5) is 20.6. The Balaban J connectivity index is 1.32. The maximum absolute atomic E-state index is 16.6. The van der Waals surface area contributed by atoms with Crippen LogP contribution in [0.3, 0.4) is 0 Å². The second-order valence-corrected chi connectivity index (χ2v) is 12.0. The smallest absolute Gasteiger partial charge is 0.226 e. The molecule has 9 nitrogen and oxygen atoms in total. The van der Waals surface area contributed by atoms with Gasteiger partial charge in [0.15, 0.2) is 11.6 Å². The lowest BCUT2D eigenvalue weighted by atomic mass is 9.94. The van der Waals surface area contributed by atoms with E-state index in [1.165, 1.54) is 0 Å². The second kappa shape index (κ2) is 9.55. The maximum atomic E-state index is 16.6. The molecular weight excluding hydrogens is 534 g/mol. The molecular formula is C28H28F2N8OS. The van der Waals surface area contributed by atoms with Gasteiger partial charge in [0.1, 0.15) is 16.6 Å². The molecule has 0 aliphatic carbocycles. The van der Waals surface area contributed by atoms with Crippen LogP contribution in [0, 0.1) is 23.0 Å². The molecule has 12 heteroatoms. The number of hydrogen-bond acceptors (Lipinski definition) is 10. The minimum atomic E-state index is -0.603. The fourth-order valence-corrected chi connectivity index (χ4v) is 7.41. The van der Waals surface area contributed by atoms with Gasteiger partial charge in [-0.3, -0.25) is 9.88 Å². The fraction of sp³-hybridized carbons (Fsp3) is 0.429. The van der Waals surface area contributed by atoms with Crippen LogP contribution >= 0.6 is 11.3 Å². The number of nitrogen functional groups attached to an aromatic ring is 1. The number of benzene rings is 1. The fourth-order valence-electron chi connectivity index (χ4n) is 6.49. The molecule has 3 aromatic heterocycles. The zero-order chi connectivity index (χ0) is 27.7. The van der Waals surface area contributed by atoms with Gasteiger partial charge in [-0.1, -0.05) is 0 Å². The lowest BCUT2D eigenvalue weighted by Crippen LogP contribution is -2.43. The molecule has 206 valence electrons. The molecule has 0 spiro atoms. The van der Waals surface area contributed by atoms with Crippen LogP contribution < -0.4 is 10.6 Å². The Bertz CT molecular complexity index is 1720. The molecule has 2 saturated heterocycles. The summed E-state index contributed by atoms with van der Waals surface area (Å²) in [5, 5.41) is 10.8. The number of halogens is 2. The van der Waals surface area contributed by atoms with E-state index in [0.29, 0.717) is 29.0 Å². The van der Waals surface area contributed by atoms with Crippen molar-refractivity contribution in [1.29, 1.82) is 5.26 Å². The normalized spacial score (nSPS) is 21.2. The molecule has 4 aromatic rings. The van der Waals surface area contributed by atoms with Crippen molar-refractivity contribution in [3.8, 4) is 17.3 Å². The molecule has 0 radical (unpaired) electrons. The summed E-state index contributed by atoms with van der Waals surface area (Å²) >= 11 is 0.960. The number of thiophene rings is 1. The third-order valence-corrected chi connectivity index (χ3v) is 9.72. The topological polar surface area (TPSA) is 107 Å². The number of aromatic nitrogens is 3. The van der Waals surface area contributed by atoms with Crippen LogP contribution in [0.4, 0.5) is 19.7 Å². The highest BCUT2D eigenvalue weighted by atomic mass is 32.1. The van der Waals surface area contributed by atoms with Gasteiger partial charge in [0, 0.05) is 54.3 Å². The van der Waals surface area contributed by atoms with Gasteiger partial charge in [-0.25, -0.2) is 18.7 Å². The van der Waals surface area contributed by atoms with E-state index < -0.39 is 11.6 Å². The number of fused-ring (bicyclic) bond motifs is 4. The van der Waals surface area contributed by atoms with Gasteiger partial charge in [-0.15, -0.1) is 11.3 Å². The number of hydrogen-bond donors (Lipinski definition) is 1. The standard InChI is InChI=1S/C28H28F2N8OS/c1-36-5-3-14(10-36)37(2)15-4-6-38(11-15)28-34-8-17-18-12-39-13-19(18)21(23(30)24(17)35-28)25-22-16(7-31)27(32)40-26(22)20(29)9-33-25/h8-9,14-15H,3-6,10-13,32H2,1-2H3/t14-,15+/m1/s1. The number of likely N-dealkylation sites (tertiary alicyclic amines) is 1. The molecule has 0 bridgehead atoms. The SMILES string of the molecule is CN1CC[C@@H](N(C)[C@H]2CCN(c3ncc4c5c(c(-c6ncc(F)c7sc(N)c(C#N)c67)c(F)c4n3)COC5)C2)C1. The second-order valence-electron chi connectivity index (χ2n) is 10.9. The zero-order valence-corrected chi connectivity index (χ0v) is 23.1. The van der Waals surface area contributed by atoms with Gasteiger partial charge in [-0.05, 0) is 44.6 Å². The number of nitrogens with two attached hydrogens (primary N) is 1. The van der Waals surface area contributed by atoms with E-state index in [4.69, 9.17) is 15.5 Å². The van der Waals surface area contributed by atoms with Gasteiger partial charge in [0.05, 0.1) is 35.4 Å². The minimum Gasteiger partial charge on any atom is -0.389 e. The molecule has 3 aliphatic rings. The van der Waals surface area contributed by atoms with Crippen molar-refractivity contribution in [3.05, 3.63) is 40.7 Å². The van der Waals surface area contributed by atoms with E-state index in [9.17, 15) is 9.65 Å². The van der Waals surface area contributed by atoms with Crippen LogP contribution in [-0.4, -0.2) is 77.1 Å². The Morgan fingerprint density at radius 1 is 1.12 bits per heavy atom. The van der Waals surface area contributed by atoms with Crippen LogP contribution in [0.15, 0.2) is 12.4 Å². The first-order valence-electron chi connectivity index (χ1n) is 13.4. The van der Waals surface area contributed by atoms with Crippen LogP contribution in [0.2, 0.25) is 0 Å². The predicted molar refractivity (Wildman–Crippen MR) is 150 cm³/mol. The van der Waals surface area contributed by atoms with Crippen LogP contribution in [0.1, 0.15) is 29.5 Å². The molecule has 7 rings (SSSR count). The van der Waals surface area contributed by atoms with Crippen molar-refractivity contribution in [3.63, 3.8) is 0 Å². The van der Waals surface area contributed by atoms with Crippen LogP contribution in [-0.2, 0) is 18.0 Å². The molecule has 1 aromatic carbocycles. The first kappa shape index (κ1) is 25.5. The van der Waals surface area contributed by atoms with Crippen molar-refractivity contribution in [2.45, 2.75) is 38.1 Å². The number of likely N-dealkylation sites (N-methyl/N-ethyl adjacent to an activating group) is 2. The number of pyridine rings is 1. The molecule has 0 amide bonds. The number of nitrogens with zero attached hydrogens (tertiary/aromatic N) is 7. The first-order chi connectivity index (χ1) is 19.4. The van der Waals surface area contributed by atoms with E-state index in [1.807, 2.05) is 6.07 Å². The van der Waals surface area contributed by atoms with Crippen molar-refractivity contribution >= 4 is 43.3 Å². The minimum absolute atomic E-state index is 0.0956. The van der Waals surface area contributed by atoms with E-state index in [0.717, 1.165) is 62.1 Å². The van der Waals surface area contributed by atoms with E-state index in [-0.39, 0.29) is 50.6 Å². The Morgan fingerprint density at radius 2 is 1.90 bits per heavy atom. The molecule has 40 heavy (non-hydrogen) atoms. The highest BCUT2D eigenvalue weighted by molar-refractivity contribution is 7.23. The van der Waals surface area contributed by atoms with Gasteiger partial charge >= 0.3 is 0 Å². The third-order valence-electron chi connectivity index (χ3n) is 8.70. The van der Waals surface area contributed by atoms with E-state index in [1.54, 1.807) is 6.20 Å². The largest absolute Gasteiger partial charge is 0.389 e. The number of anilines is 2. The molecule has 6 heterocycles. The molecule has 0 unspecified atom stereocenters. The summed E-state index contributed by atoms with van der Waals surface area (Å²) in [5.41, 5.74) is 8.04. The summed E-state index contributed by atoms with van der Waals surface area (Å²) < 4.78 is 37.2. The van der Waals surface area contributed by atoms with Gasteiger partial charge in [0.2, 0.25) is 5.95 Å². The summed E-state index contributed by atoms with van der Waals surface area (Å²) in [5.74, 6) is -0.711. The van der Waals surface area contributed by atoms with Crippen LogP contribution in [0.25, 0.3) is 32.2 Å². The van der Waals surface area contributed by atoms with E-state index in [2.05, 4.69) is 38.8 Å². The zero-order valence-electron chi connectivity index (χ0n) is 22.2. The maximum Gasteiger partial charge on any atom is 0.226 e. The first-order valence-corrected chi connectivity index (χ1v) is 14.2. The number of nitriles is 1. The average Bonchev–Trinajstić information content (AvgIpc) is 3.76. The summed E-state index contributed by atoms with van der Waals surface area (Å²) in [6.45, 7) is 4.16. The number of ether oxygens (including phenoxy) is 1. The Morgan fingerprint density at radius 3 is 2.67 bits per heavy atom. The van der Waals surface area contributed by atoms with Gasteiger partial charge in [-0.2, -0.15) is 5.26 Å². The van der Waals surface area contributed by atoms with Crippen molar-refractivity contribution in [2.75, 3.05) is 50.9 Å². The van der Waals surface area contributed by atoms with Crippen molar-refractivity contribution in [1.82, 2.24) is 24.8 Å². The Labute approximate surface area is 233 Å². The van der Waals surface area contributed by atoms with Gasteiger partial charge < -0.3 is 20.3 Å². The highest BCUT2D eigenvalue weighted by Gasteiger charge is 2.34. The summed E-state index contributed by atoms with van der Waals surface area (Å²) in [6.07, 6.45) is 4.87. The molecule has 2 atom stereocenters. The summed E-state index contributed by atoms with van der Waals surface area (Å²) in [6, 6.07) is 2.95. The Hall–Kier alpha value is -3.50. The molecule has 2 fully saturated rings. The highest BCUT2D eigenvalue weighted by Crippen LogP contribution is 2.45. The lowest BCUT2D eigenvalue weighted by Gasteiger charge is -2.30. The van der Waals surface area contributed by atoms with Gasteiger partial charge in [0.25, 0.3) is 0 Å². The van der Waals surface area contributed by atoms with E-state index >= 15 is 4.39 Å². The van der Waals surface area contributed by atoms with Crippen LogP contribution in [0.5, 0.6) is 0 Å². The summed E-state index contributed by atoms with van der Waals surface area (Å²) in [7, 11) is 4.35. The Kier molecular flexibility index (Phi) is 6.08. The average molecular weight is 563 g/mol. The number of rotatable bonds is 4. The van der Waals surface area contributed by atoms with Crippen molar-refractivity contribution in [2.24, 2.45) is 0 Å². The predicted octanol–water partition coefficient (Wildman–Crippen LogP) is 3.88.